The summed E-state index contributed by atoms with van der Waals surface area (Å²) in [6.45, 7) is 1.95. The molecule has 4 nitrogen and oxygen atoms in total. The van der Waals surface area contributed by atoms with Crippen molar-refractivity contribution >= 4 is 34.9 Å². The summed E-state index contributed by atoms with van der Waals surface area (Å²) in [6, 6.07) is 5.75. The lowest BCUT2D eigenvalue weighted by Gasteiger charge is -2.26. The molecule has 1 atom stereocenters. The van der Waals surface area contributed by atoms with E-state index in [1.54, 1.807) is 7.11 Å². The number of methoxy groups -OCH3 is 1. The SMILES string of the molecule is COC1(Cn2c(=S)[nH]c3cccc(Cl)c32)CCOC1. The second-order valence-corrected chi connectivity index (χ2v) is 5.64. The van der Waals surface area contributed by atoms with Crippen LogP contribution in [0.1, 0.15) is 6.42 Å². The number of halogens is 1. The van der Waals surface area contributed by atoms with E-state index in [4.69, 9.17) is 33.3 Å². The van der Waals surface area contributed by atoms with Crippen LogP contribution in [0.2, 0.25) is 5.02 Å². The molecule has 0 bridgehead atoms. The highest BCUT2D eigenvalue weighted by molar-refractivity contribution is 7.71. The van der Waals surface area contributed by atoms with Crippen LogP contribution in [0.25, 0.3) is 11.0 Å². The van der Waals surface area contributed by atoms with Gasteiger partial charge in [-0.25, -0.2) is 0 Å². The molecule has 19 heavy (non-hydrogen) atoms. The molecule has 0 spiro atoms. The predicted octanol–water partition coefficient (Wildman–Crippen LogP) is 3.16. The molecule has 1 aliphatic rings. The van der Waals surface area contributed by atoms with E-state index in [1.807, 2.05) is 22.8 Å². The van der Waals surface area contributed by atoms with Gasteiger partial charge in [0.05, 0.1) is 29.2 Å². The molecule has 2 aromatic rings. The Hall–Kier alpha value is -0.880. The third-order valence-corrected chi connectivity index (χ3v) is 4.32. The molecular weight excluding hydrogens is 284 g/mol. The van der Waals surface area contributed by atoms with Gasteiger partial charge in [-0.1, -0.05) is 17.7 Å². The Balaban J connectivity index is 2.10. The van der Waals surface area contributed by atoms with Crippen LogP contribution in [0, 0.1) is 4.77 Å². The summed E-state index contributed by atoms with van der Waals surface area (Å²) >= 11 is 11.7. The number of ether oxygens (including phenoxy) is 2. The third kappa shape index (κ3) is 2.21. The van der Waals surface area contributed by atoms with Gasteiger partial charge in [-0.2, -0.15) is 0 Å². The Morgan fingerprint density at radius 1 is 1.58 bits per heavy atom. The first kappa shape index (κ1) is 13.1. The van der Waals surface area contributed by atoms with Crippen LogP contribution in [-0.2, 0) is 16.0 Å². The highest BCUT2D eigenvalue weighted by Gasteiger charge is 2.36. The minimum atomic E-state index is -0.313. The summed E-state index contributed by atoms with van der Waals surface area (Å²) in [7, 11) is 1.72. The third-order valence-electron chi connectivity index (χ3n) is 3.69. The summed E-state index contributed by atoms with van der Waals surface area (Å²) in [5, 5.41) is 0.690. The van der Waals surface area contributed by atoms with E-state index in [0.717, 1.165) is 24.1 Å². The summed E-state index contributed by atoms with van der Waals surface area (Å²) in [5.41, 5.74) is 1.56. The number of hydrogen-bond acceptors (Lipinski definition) is 3. The molecule has 0 saturated carbocycles. The smallest absolute Gasteiger partial charge is 0.178 e. The van der Waals surface area contributed by atoms with E-state index in [0.29, 0.717) is 22.9 Å². The minimum Gasteiger partial charge on any atom is -0.378 e. The molecule has 1 saturated heterocycles. The number of nitrogens with one attached hydrogen (secondary N) is 1. The lowest BCUT2D eigenvalue weighted by molar-refractivity contribution is -0.0290. The Labute approximate surface area is 121 Å². The van der Waals surface area contributed by atoms with Gasteiger partial charge in [0.1, 0.15) is 5.60 Å². The highest BCUT2D eigenvalue weighted by Crippen LogP contribution is 2.29. The van der Waals surface area contributed by atoms with Crippen LogP contribution in [0.3, 0.4) is 0 Å². The quantitative estimate of drug-likeness (QED) is 0.885. The summed E-state index contributed by atoms with van der Waals surface area (Å²) in [5.74, 6) is 0. The average Bonchev–Trinajstić information content (AvgIpc) is 2.97. The average molecular weight is 299 g/mol. The van der Waals surface area contributed by atoms with Crippen molar-refractivity contribution in [2.75, 3.05) is 20.3 Å². The van der Waals surface area contributed by atoms with E-state index >= 15 is 0 Å². The first-order chi connectivity index (χ1) is 9.15. The Kier molecular flexibility index (Phi) is 3.39. The minimum absolute atomic E-state index is 0.313. The molecule has 1 unspecified atom stereocenters. The molecule has 1 aromatic carbocycles. The summed E-state index contributed by atoms with van der Waals surface area (Å²) in [4.78, 5) is 3.18. The van der Waals surface area contributed by atoms with Gasteiger partial charge in [-0.3, -0.25) is 0 Å². The molecule has 102 valence electrons. The molecule has 1 N–H and O–H groups in total. The van der Waals surface area contributed by atoms with Crippen molar-refractivity contribution in [2.45, 2.75) is 18.6 Å². The van der Waals surface area contributed by atoms with Gasteiger partial charge < -0.3 is 19.0 Å². The zero-order chi connectivity index (χ0) is 13.5. The maximum Gasteiger partial charge on any atom is 0.178 e. The fourth-order valence-electron chi connectivity index (χ4n) is 2.55. The Morgan fingerprint density at radius 2 is 2.42 bits per heavy atom. The fourth-order valence-corrected chi connectivity index (χ4v) is 3.09. The normalized spacial score (nSPS) is 23.3. The molecule has 0 amide bonds. The number of nitrogens with zero attached hydrogens (tertiary/aromatic N) is 1. The topological polar surface area (TPSA) is 39.2 Å². The number of aromatic amines is 1. The van der Waals surface area contributed by atoms with Crippen molar-refractivity contribution in [1.82, 2.24) is 9.55 Å². The zero-order valence-corrected chi connectivity index (χ0v) is 12.2. The van der Waals surface area contributed by atoms with Crippen LogP contribution in [-0.4, -0.2) is 35.5 Å². The standard InChI is InChI=1S/C13H15ClN2O2S/c1-17-13(5-6-18-8-13)7-16-11-9(14)3-2-4-10(11)15-12(16)19/h2-4H,5-8H2,1H3,(H,15,19). The fraction of sp³-hybridized carbons (Fsp3) is 0.462. The van der Waals surface area contributed by atoms with E-state index in [-0.39, 0.29) is 5.60 Å². The second-order valence-electron chi connectivity index (χ2n) is 4.84. The number of H-pyrrole nitrogens is 1. The molecule has 3 rings (SSSR count). The lowest BCUT2D eigenvalue weighted by atomic mass is 10.0. The molecule has 0 radical (unpaired) electrons. The number of para-hydroxylation sites is 1. The second kappa shape index (κ2) is 4.90. The molecule has 1 aromatic heterocycles. The van der Waals surface area contributed by atoms with E-state index in [2.05, 4.69) is 4.98 Å². The van der Waals surface area contributed by atoms with Crippen molar-refractivity contribution in [2.24, 2.45) is 0 Å². The van der Waals surface area contributed by atoms with Gasteiger partial charge in [0, 0.05) is 20.1 Å². The molecule has 1 aliphatic heterocycles. The highest BCUT2D eigenvalue weighted by atomic mass is 35.5. The maximum atomic E-state index is 6.29. The predicted molar refractivity (Wildman–Crippen MR) is 77.3 cm³/mol. The number of aromatic nitrogens is 2. The van der Waals surface area contributed by atoms with Crippen molar-refractivity contribution in [3.8, 4) is 0 Å². The van der Waals surface area contributed by atoms with E-state index in [9.17, 15) is 0 Å². The van der Waals surface area contributed by atoms with Crippen LogP contribution in [0.15, 0.2) is 18.2 Å². The first-order valence-electron chi connectivity index (χ1n) is 6.15. The van der Waals surface area contributed by atoms with Gasteiger partial charge in [0.15, 0.2) is 4.77 Å². The number of fused-ring (bicyclic) bond motifs is 1. The summed E-state index contributed by atoms with van der Waals surface area (Å²) in [6.07, 6.45) is 0.863. The van der Waals surface area contributed by atoms with Gasteiger partial charge >= 0.3 is 0 Å². The number of imidazole rings is 1. The monoisotopic (exact) mass is 298 g/mol. The zero-order valence-electron chi connectivity index (χ0n) is 10.6. The van der Waals surface area contributed by atoms with Crippen molar-refractivity contribution in [3.63, 3.8) is 0 Å². The van der Waals surface area contributed by atoms with Crippen LogP contribution < -0.4 is 0 Å². The molecule has 1 fully saturated rings. The Morgan fingerprint density at radius 3 is 3.11 bits per heavy atom. The van der Waals surface area contributed by atoms with Crippen molar-refractivity contribution in [1.29, 1.82) is 0 Å². The Bertz CT molecular complexity index is 658. The first-order valence-corrected chi connectivity index (χ1v) is 6.94. The molecule has 2 heterocycles. The van der Waals surface area contributed by atoms with E-state index in [1.165, 1.54) is 0 Å². The van der Waals surface area contributed by atoms with Gasteiger partial charge in [-0.15, -0.1) is 0 Å². The van der Waals surface area contributed by atoms with Crippen LogP contribution in [0.5, 0.6) is 0 Å². The number of benzene rings is 1. The van der Waals surface area contributed by atoms with Crippen molar-refractivity contribution < 1.29 is 9.47 Å². The van der Waals surface area contributed by atoms with E-state index < -0.39 is 0 Å². The van der Waals surface area contributed by atoms with Gasteiger partial charge in [0.2, 0.25) is 0 Å². The maximum absolute atomic E-state index is 6.29. The molecule has 0 aliphatic carbocycles. The van der Waals surface area contributed by atoms with Gasteiger partial charge in [-0.05, 0) is 24.4 Å². The number of rotatable bonds is 3. The number of hydrogen-bond donors (Lipinski definition) is 1. The van der Waals surface area contributed by atoms with Crippen molar-refractivity contribution in [3.05, 3.63) is 28.0 Å². The lowest BCUT2D eigenvalue weighted by Crippen LogP contribution is -2.37. The molecule has 6 heteroatoms. The van der Waals surface area contributed by atoms with Gasteiger partial charge in [0.25, 0.3) is 0 Å². The van der Waals surface area contributed by atoms with Crippen LogP contribution in [0.4, 0.5) is 0 Å². The largest absolute Gasteiger partial charge is 0.378 e. The molecular formula is C13H15ClN2O2S. The summed E-state index contributed by atoms with van der Waals surface area (Å²) < 4.78 is 13.8. The van der Waals surface area contributed by atoms with Crippen LogP contribution >= 0.6 is 23.8 Å².